The first-order valence-electron chi connectivity index (χ1n) is 6.95. The molecule has 19 heavy (non-hydrogen) atoms. The van der Waals surface area contributed by atoms with Gasteiger partial charge in [0.2, 0.25) is 5.91 Å². The summed E-state index contributed by atoms with van der Waals surface area (Å²) in [5.74, 6) is 0.631. The second kappa shape index (κ2) is 6.15. The molecule has 4 nitrogen and oxygen atoms in total. The summed E-state index contributed by atoms with van der Waals surface area (Å²) in [5.41, 5.74) is 0.182. The van der Waals surface area contributed by atoms with E-state index in [1.165, 1.54) is 0 Å². The SMILES string of the molecule is CC1CCC(O)(CNC(=O)Cc2cccnc2)CC1. The average Bonchev–Trinajstić information content (AvgIpc) is 2.42. The fourth-order valence-corrected chi connectivity index (χ4v) is 2.49. The predicted molar refractivity (Wildman–Crippen MR) is 73.5 cm³/mol. The second-order valence-corrected chi connectivity index (χ2v) is 5.72. The highest BCUT2D eigenvalue weighted by Gasteiger charge is 2.31. The van der Waals surface area contributed by atoms with Crippen molar-refractivity contribution in [2.75, 3.05) is 6.54 Å². The van der Waals surface area contributed by atoms with Crippen molar-refractivity contribution in [1.82, 2.24) is 10.3 Å². The molecule has 1 fully saturated rings. The largest absolute Gasteiger partial charge is 0.388 e. The summed E-state index contributed by atoms with van der Waals surface area (Å²) in [6, 6.07) is 3.70. The van der Waals surface area contributed by atoms with E-state index in [-0.39, 0.29) is 5.91 Å². The van der Waals surface area contributed by atoms with Crippen molar-refractivity contribution in [3.05, 3.63) is 30.1 Å². The Kier molecular flexibility index (Phi) is 4.53. The minimum absolute atomic E-state index is 0.0555. The van der Waals surface area contributed by atoms with Gasteiger partial charge in [0.1, 0.15) is 0 Å². The Morgan fingerprint density at radius 1 is 1.53 bits per heavy atom. The van der Waals surface area contributed by atoms with Crippen LogP contribution in [-0.4, -0.2) is 28.1 Å². The van der Waals surface area contributed by atoms with Crippen molar-refractivity contribution in [3.63, 3.8) is 0 Å². The summed E-state index contributed by atoms with van der Waals surface area (Å²) >= 11 is 0. The molecule has 0 aliphatic heterocycles. The maximum absolute atomic E-state index is 11.8. The molecule has 1 heterocycles. The molecule has 104 valence electrons. The summed E-state index contributed by atoms with van der Waals surface area (Å²) in [4.78, 5) is 15.8. The Balaban J connectivity index is 1.77. The molecule has 1 aromatic rings. The first kappa shape index (κ1) is 14.0. The Bertz CT molecular complexity index is 411. The van der Waals surface area contributed by atoms with Crippen LogP contribution in [0.15, 0.2) is 24.5 Å². The van der Waals surface area contributed by atoms with Crippen molar-refractivity contribution in [2.24, 2.45) is 5.92 Å². The lowest BCUT2D eigenvalue weighted by molar-refractivity contribution is -0.122. The summed E-state index contributed by atoms with van der Waals surface area (Å²) in [7, 11) is 0. The quantitative estimate of drug-likeness (QED) is 0.868. The van der Waals surface area contributed by atoms with Crippen molar-refractivity contribution in [3.8, 4) is 0 Å². The third-order valence-electron chi connectivity index (χ3n) is 3.91. The van der Waals surface area contributed by atoms with Crippen molar-refractivity contribution in [2.45, 2.75) is 44.6 Å². The van der Waals surface area contributed by atoms with E-state index in [0.29, 0.717) is 18.9 Å². The zero-order valence-electron chi connectivity index (χ0n) is 11.4. The van der Waals surface area contributed by atoms with Crippen LogP contribution in [0.1, 0.15) is 38.2 Å². The number of pyridine rings is 1. The van der Waals surface area contributed by atoms with Gasteiger partial charge in [-0.25, -0.2) is 0 Å². The summed E-state index contributed by atoms with van der Waals surface area (Å²) in [5, 5.41) is 13.2. The van der Waals surface area contributed by atoms with Gasteiger partial charge in [-0.3, -0.25) is 9.78 Å². The average molecular weight is 262 g/mol. The van der Waals surface area contributed by atoms with E-state index >= 15 is 0 Å². The Morgan fingerprint density at radius 2 is 2.26 bits per heavy atom. The van der Waals surface area contributed by atoms with Crippen LogP contribution in [0.3, 0.4) is 0 Å². The van der Waals surface area contributed by atoms with E-state index in [0.717, 1.165) is 31.2 Å². The normalized spacial score (nSPS) is 26.9. The minimum atomic E-state index is -0.711. The van der Waals surface area contributed by atoms with Crippen LogP contribution < -0.4 is 5.32 Å². The number of rotatable bonds is 4. The summed E-state index contributed by atoms with van der Waals surface area (Å²) in [6.45, 7) is 2.57. The maximum Gasteiger partial charge on any atom is 0.224 e. The van der Waals surface area contributed by atoms with Crippen LogP contribution in [0.2, 0.25) is 0 Å². The van der Waals surface area contributed by atoms with E-state index in [1.807, 2.05) is 12.1 Å². The second-order valence-electron chi connectivity index (χ2n) is 5.72. The van der Waals surface area contributed by atoms with Gasteiger partial charge in [-0.15, -0.1) is 0 Å². The topological polar surface area (TPSA) is 62.2 Å². The first-order valence-corrected chi connectivity index (χ1v) is 6.95. The number of carbonyl (C=O) groups is 1. The van der Waals surface area contributed by atoms with Crippen LogP contribution in [0.4, 0.5) is 0 Å². The van der Waals surface area contributed by atoms with Crippen LogP contribution in [0.25, 0.3) is 0 Å². The molecule has 0 saturated heterocycles. The summed E-state index contributed by atoms with van der Waals surface area (Å²) in [6.07, 6.45) is 7.33. The minimum Gasteiger partial charge on any atom is -0.388 e. The van der Waals surface area contributed by atoms with E-state index in [2.05, 4.69) is 17.2 Å². The molecule has 1 saturated carbocycles. The molecule has 0 spiro atoms. The van der Waals surface area contributed by atoms with E-state index in [1.54, 1.807) is 12.4 Å². The fourth-order valence-electron chi connectivity index (χ4n) is 2.49. The van der Waals surface area contributed by atoms with Crippen molar-refractivity contribution in [1.29, 1.82) is 0 Å². The van der Waals surface area contributed by atoms with E-state index in [9.17, 15) is 9.90 Å². The Hall–Kier alpha value is -1.42. The molecule has 2 N–H and O–H groups in total. The Labute approximate surface area is 114 Å². The maximum atomic E-state index is 11.8. The highest BCUT2D eigenvalue weighted by molar-refractivity contribution is 5.78. The molecule has 2 rings (SSSR count). The fraction of sp³-hybridized carbons (Fsp3) is 0.600. The number of hydrogen-bond donors (Lipinski definition) is 2. The van der Waals surface area contributed by atoms with Gasteiger partial charge in [-0.05, 0) is 43.2 Å². The van der Waals surface area contributed by atoms with Gasteiger partial charge in [0, 0.05) is 18.9 Å². The molecular weight excluding hydrogens is 240 g/mol. The molecule has 1 aliphatic rings. The van der Waals surface area contributed by atoms with Crippen molar-refractivity contribution < 1.29 is 9.90 Å². The molecular formula is C15H22N2O2. The summed E-state index contributed by atoms with van der Waals surface area (Å²) < 4.78 is 0. The molecule has 1 aliphatic carbocycles. The zero-order chi connectivity index (χ0) is 13.7. The lowest BCUT2D eigenvalue weighted by Gasteiger charge is -2.34. The van der Waals surface area contributed by atoms with Gasteiger partial charge in [0.25, 0.3) is 0 Å². The first-order chi connectivity index (χ1) is 9.07. The molecule has 1 amide bonds. The van der Waals surface area contributed by atoms with E-state index < -0.39 is 5.60 Å². The molecule has 1 aromatic heterocycles. The number of hydrogen-bond acceptors (Lipinski definition) is 3. The van der Waals surface area contributed by atoms with Crippen LogP contribution >= 0.6 is 0 Å². The van der Waals surface area contributed by atoms with Crippen molar-refractivity contribution >= 4 is 5.91 Å². The molecule has 0 atom stereocenters. The highest BCUT2D eigenvalue weighted by atomic mass is 16.3. The van der Waals surface area contributed by atoms with Gasteiger partial charge >= 0.3 is 0 Å². The standard InChI is InChI=1S/C15H22N2O2/c1-12-4-6-15(19,7-5-12)11-17-14(18)9-13-3-2-8-16-10-13/h2-3,8,10,12,19H,4-7,9,11H2,1H3,(H,17,18). The molecule has 0 radical (unpaired) electrons. The zero-order valence-corrected chi connectivity index (χ0v) is 11.4. The number of nitrogens with one attached hydrogen (secondary N) is 1. The molecule has 4 heteroatoms. The third kappa shape index (κ3) is 4.31. The van der Waals surface area contributed by atoms with Crippen LogP contribution in [0, 0.1) is 5.92 Å². The van der Waals surface area contributed by atoms with Gasteiger partial charge in [0.05, 0.1) is 12.0 Å². The monoisotopic (exact) mass is 262 g/mol. The van der Waals surface area contributed by atoms with Crippen LogP contribution in [0.5, 0.6) is 0 Å². The molecule has 0 bridgehead atoms. The number of amides is 1. The highest BCUT2D eigenvalue weighted by Crippen LogP contribution is 2.31. The smallest absolute Gasteiger partial charge is 0.224 e. The number of aromatic nitrogens is 1. The van der Waals surface area contributed by atoms with Gasteiger partial charge in [-0.1, -0.05) is 13.0 Å². The lowest BCUT2D eigenvalue weighted by atomic mass is 9.79. The number of carbonyl (C=O) groups excluding carboxylic acids is 1. The number of aliphatic hydroxyl groups is 1. The lowest BCUT2D eigenvalue weighted by Crippen LogP contribution is -2.45. The van der Waals surface area contributed by atoms with Gasteiger partial charge in [0.15, 0.2) is 0 Å². The number of nitrogens with zero attached hydrogens (tertiary/aromatic N) is 1. The third-order valence-corrected chi connectivity index (χ3v) is 3.91. The van der Waals surface area contributed by atoms with Crippen LogP contribution in [-0.2, 0) is 11.2 Å². The molecule has 0 aromatic carbocycles. The Morgan fingerprint density at radius 3 is 2.89 bits per heavy atom. The predicted octanol–water partition coefficient (Wildman–Crippen LogP) is 1.68. The van der Waals surface area contributed by atoms with E-state index in [4.69, 9.17) is 0 Å². The molecule has 0 unspecified atom stereocenters. The van der Waals surface area contributed by atoms with Gasteiger partial charge < -0.3 is 10.4 Å². The van der Waals surface area contributed by atoms with Gasteiger partial charge in [-0.2, -0.15) is 0 Å².